The second-order valence-corrected chi connectivity index (χ2v) is 5.64. The highest BCUT2D eigenvalue weighted by Crippen LogP contribution is 2.32. The van der Waals surface area contributed by atoms with Gasteiger partial charge in [-0.05, 0) is 57.9 Å². The van der Waals surface area contributed by atoms with Crippen LogP contribution in [-0.4, -0.2) is 6.36 Å². The number of rotatable bonds is 2. The summed E-state index contributed by atoms with van der Waals surface area (Å²) in [6, 6.07) is 9.58. The van der Waals surface area contributed by atoms with Gasteiger partial charge in [-0.2, -0.15) is 0 Å². The van der Waals surface area contributed by atoms with Crippen LogP contribution >= 0.6 is 27.3 Å². The molecule has 0 bridgehead atoms. The summed E-state index contributed by atoms with van der Waals surface area (Å²) < 4.78 is 40.6. The van der Waals surface area contributed by atoms with E-state index in [1.807, 2.05) is 12.1 Å². The minimum atomic E-state index is -4.65. The zero-order chi connectivity index (χ0) is 12.5. The predicted octanol–water partition coefficient (Wildman–Crippen LogP) is 5.08. The third kappa shape index (κ3) is 3.47. The van der Waals surface area contributed by atoms with Crippen molar-refractivity contribution < 1.29 is 17.9 Å². The first-order valence-corrected chi connectivity index (χ1v) is 6.16. The molecule has 1 aromatic carbocycles. The first-order chi connectivity index (χ1) is 7.94. The average molecular weight is 323 g/mol. The van der Waals surface area contributed by atoms with Gasteiger partial charge in [0.15, 0.2) is 0 Å². The number of ether oxygens (including phenoxy) is 1. The highest BCUT2D eigenvalue weighted by atomic mass is 79.9. The lowest BCUT2D eigenvalue weighted by Gasteiger charge is -2.08. The molecule has 0 atom stereocenters. The Morgan fingerprint density at radius 3 is 2.12 bits per heavy atom. The largest absolute Gasteiger partial charge is 0.573 e. The second kappa shape index (κ2) is 4.70. The lowest BCUT2D eigenvalue weighted by atomic mass is 10.2. The molecule has 1 aromatic heterocycles. The summed E-state index contributed by atoms with van der Waals surface area (Å²) in [5, 5.41) is 0. The third-order valence-electron chi connectivity index (χ3n) is 1.95. The molecule has 6 heteroatoms. The smallest absolute Gasteiger partial charge is 0.406 e. The maximum Gasteiger partial charge on any atom is 0.573 e. The van der Waals surface area contributed by atoms with Crippen LogP contribution in [0.2, 0.25) is 0 Å². The average Bonchev–Trinajstić information content (AvgIpc) is 2.63. The van der Waals surface area contributed by atoms with Crippen molar-refractivity contribution in [3.8, 4) is 16.2 Å². The molecule has 0 N–H and O–H groups in total. The molecule has 1 nitrogen and oxygen atoms in total. The summed E-state index contributed by atoms with van der Waals surface area (Å²) in [5.41, 5.74) is 0.857. The summed E-state index contributed by atoms with van der Waals surface area (Å²) in [7, 11) is 0. The molecular weight excluding hydrogens is 317 g/mol. The Hall–Kier alpha value is -1.01. The van der Waals surface area contributed by atoms with E-state index in [4.69, 9.17) is 0 Å². The highest BCUT2D eigenvalue weighted by Gasteiger charge is 2.30. The van der Waals surface area contributed by atoms with Crippen molar-refractivity contribution in [2.24, 2.45) is 0 Å². The van der Waals surface area contributed by atoms with Crippen LogP contribution in [0.15, 0.2) is 40.2 Å². The SMILES string of the molecule is FC(F)(F)Oc1ccc(-c2ccc(Br)s2)cc1. The van der Waals surface area contributed by atoms with Crippen molar-refractivity contribution in [2.45, 2.75) is 6.36 Å². The van der Waals surface area contributed by atoms with Gasteiger partial charge >= 0.3 is 6.36 Å². The molecule has 2 aromatic rings. The predicted molar refractivity (Wildman–Crippen MR) is 64.1 cm³/mol. The van der Waals surface area contributed by atoms with Crippen molar-refractivity contribution in [3.05, 3.63) is 40.2 Å². The number of halogens is 4. The van der Waals surface area contributed by atoms with Crippen molar-refractivity contribution in [1.82, 2.24) is 0 Å². The summed E-state index contributed by atoms with van der Waals surface area (Å²) in [6.45, 7) is 0. The van der Waals surface area contributed by atoms with E-state index < -0.39 is 6.36 Å². The molecule has 0 spiro atoms. The first-order valence-electron chi connectivity index (χ1n) is 4.55. The summed E-state index contributed by atoms with van der Waals surface area (Å²) >= 11 is 4.84. The van der Waals surface area contributed by atoms with Gasteiger partial charge in [-0.25, -0.2) is 0 Å². The topological polar surface area (TPSA) is 9.23 Å². The Morgan fingerprint density at radius 2 is 1.65 bits per heavy atom. The molecule has 0 radical (unpaired) electrons. The fraction of sp³-hybridized carbons (Fsp3) is 0.0909. The van der Waals surface area contributed by atoms with E-state index in [2.05, 4.69) is 20.7 Å². The van der Waals surface area contributed by atoms with Crippen LogP contribution in [-0.2, 0) is 0 Å². The molecule has 17 heavy (non-hydrogen) atoms. The van der Waals surface area contributed by atoms with Crippen molar-refractivity contribution >= 4 is 27.3 Å². The standard InChI is InChI=1S/C11H6BrF3OS/c12-10-6-5-9(17-10)7-1-3-8(4-2-7)16-11(13,14)15/h1-6H. The molecular formula is C11H6BrF3OS. The van der Waals surface area contributed by atoms with E-state index in [0.29, 0.717) is 0 Å². The van der Waals surface area contributed by atoms with Gasteiger partial charge in [-0.15, -0.1) is 24.5 Å². The maximum atomic E-state index is 11.9. The van der Waals surface area contributed by atoms with Crippen molar-refractivity contribution in [1.29, 1.82) is 0 Å². The maximum absolute atomic E-state index is 11.9. The van der Waals surface area contributed by atoms with Gasteiger partial charge in [0.05, 0.1) is 3.79 Å². The molecule has 0 saturated heterocycles. The van der Waals surface area contributed by atoms with Crippen LogP contribution in [0.1, 0.15) is 0 Å². The molecule has 1 heterocycles. The molecule has 0 aliphatic rings. The van der Waals surface area contributed by atoms with Gasteiger partial charge in [-0.3, -0.25) is 0 Å². The lowest BCUT2D eigenvalue weighted by molar-refractivity contribution is -0.274. The third-order valence-corrected chi connectivity index (χ3v) is 3.62. The summed E-state index contributed by atoms with van der Waals surface area (Å²) in [6.07, 6.45) is -4.65. The molecule has 0 fully saturated rings. The normalized spacial score (nSPS) is 11.5. The van der Waals surface area contributed by atoms with Crippen LogP contribution in [0.4, 0.5) is 13.2 Å². The lowest BCUT2D eigenvalue weighted by Crippen LogP contribution is -2.16. The van der Waals surface area contributed by atoms with Crippen molar-refractivity contribution in [3.63, 3.8) is 0 Å². The Labute approximate surface area is 108 Å². The fourth-order valence-corrected chi connectivity index (χ4v) is 2.68. The highest BCUT2D eigenvalue weighted by molar-refractivity contribution is 9.11. The molecule has 0 aliphatic carbocycles. The molecule has 2 rings (SSSR count). The van der Waals surface area contributed by atoms with Gasteiger partial charge in [0.1, 0.15) is 5.75 Å². The molecule has 0 amide bonds. The number of hydrogen-bond acceptors (Lipinski definition) is 2. The molecule has 90 valence electrons. The first kappa shape index (κ1) is 12.4. The summed E-state index contributed by atoms with van der Waals surface area (Å²) in [4.78, 5) is 0.982. The Balaban J connectivity index is 2.19. The molecule has 0 unspecified atom stereocenters. The van der Waals surface area contributed by atoms with Crippen LogP contribution < -0.4 is 4.74 Å². The minimum absolute atomic E-state index is 0.211. The van der Waals surface area contributed by atoms with Gasteiger partial charge < -0.3 is 4.74 Å². The number of alkyl halides is 3. The van der Waals surface area contributed by atoms with Crippen molar-refractivity contribution in [2.75, 3.05) is 0 Å². The van der Waals surface area contributed by atoms with E-state index in [9.17, 15) is 13.2 Å². The van der Waals surface area contributed by atoms with Crippen LogP contribution in [0, 0.1) is 0 Å². The van der Waals surface area contributed by atoms with Crippen LogP contribution in [0.3, 0.4) is 0 Å². The summed E-state index contributed by atoms with van der Waals surface area (Å²) in [5.74, 6) is -0.211. The Kier molecular flexibility index (Phi) is 3.44. The van der Waals surface area contributed by atoms with E-state index in [1.54, 1.807) is 12.1 Å². The van der Waals surface area contributed by atoms with E-state index in [0.717, 1.165) is 14.2 Å². The second-order valence-electron chi connectivity index (χ2n) is 3.18. The quantitative estimate of drug-likeness (QED) is 0.749. The zero-order valence-electron chi connectivity index (χ0n) is 8.29. The van der Waals surface area contributed by atoms with Gasteiger partial charge in [0.25, 0.3) is 0 Å². The zero-order valence-corrected chi connectivity index (χ0v) is 10.7. The monoisotopic (exact) mass is 322 g/mol. The van der Waals surface area contributed by atoms with Gasteiger partial charge in [0.2, 0.25) is 0 Å². The number of thiophene rings is 1. The van der Waals surface area contributed by atoms with Crippen LogP contribution in [0.25, 0.3) is 10.4 Å². The van der Waals surface area contributed by atoms with E-state index in [-0.39, 0.29) is 5.75 Å². The van der Waals surface area contributed by atoms with Gasteiger partial charge in [-0.1, -0.05) is 0 Å². The van der Waals surface area contributed by atoms with Gasteiger partial charge in [0, 0.05) is 4.88 Å². The number of hydrogen-bond donors (Lipinski definition) is 0. The minimum Gasteiger partial charge on any atom is -0.406 e. The Bertz CT molecular complexity index is 504. The van der Waals surface area contributed by atoms with E-state index >= 15 is 0 Å². The van der Waals surface area contributed by atoms with E-state index in [1.165, 1.54) is 23.5 Å². The molecule has 0 saturated carbocycles. The van der Waals surface area contributed by atoms with Crippen LogP contribution in [0.5, 0.6) is 5.75 Å². The number of benzene rings is 1. The molecule has 0 aliphatic heterocycles. The Morgan fingerprint density at radius 1 is 1.00 bits per heavy atom. The fourth-order valence-electron chi connectivity index (χ4n) is 1.29.